The minimum atomic E-state index is -5.39. The quantitative estimate of drug-likeness (QED) is 0.414. The molecule has 0 amide bonds. The van der Waals surface area contributed by atoms with Crippen LogP contribution >= 0.6 is 15.6 Å². The van der Waals surface area contributed by atoms with Crippen LogP contribution in [0.15, 0.2) is 0 Å². The van der Waals surface area contributed by atoms with Crippen molar-refractivity contribution < 1.29 is 57.0 Å². The molecule has 0 rings (SSSR count). The maximum atomic E-state index is 8.55. The van der Waals surface area contributed by atoms with Crippen molar-refractivity contribution in [2.75, 3.05) is 0 Å². The third-order valence-corrected chi connectivity index (χ3v) is 0. The summed E-state index contributed by atoms with van der Waals surface area (Å²) >= 11 is 0. The Kier molecular flexibility index (Phi) is 16.0. The smallest absolute Gasteiger partial charge is 0 e. The summed E-state index contributed by atoms with van der Waals surface area (Å²) in [6, 6.07) is 0. The van der Waals surface area contributed by atoms with Crippen LogP contribution in [0.25, 0.3) is 0 Å². The van der Waals surface area contributed by atoms with Gasteiger partial charge >= 0.3 is 0 Å². The van der Waals surface area contributed by atoms with E-state index in [2.05, 4.69) is 0 Å². The maximum absolute atomic E-state index is 8.55. The first kappa shape index (κ1) is 23.0. The van der Waals surface area contributed by atoms with Gasteiger partial charge in [0.2, 0.25) is 0 Å². The molecule has 0 aliphatic carbocycles. The first-order chi connectivity index (χ1) is 4.00. The van der Waals surface area contributed by atoms with Gasteiger partial charge in [-0.1, -0.05) is 0 Å². The summed E-state index contributed by atoms with van der Waals surface area (Å²) in [5, 5.41) is 0. The SMILES string of the molecule is O=P([O-])([O-])[O-].O=P([O-])([O-])[O-].[NH4+].[V]. The predicted octanol–water partition coefficient (Wildman–Crippen LogP) is -5.28. The first-order valence-corrected chi connectivity index (χ1v) is 4.38. The van der Waals surface area contributed by atoms with Crippen molar-refractivity contribution in [3.8, 4) is 0 Å². The van der Waals surface area contributed by atoms with Gasteiger partial charge in [-0.05, 0) is 0 Å². The molecule has 0 aromatic heterocycles. The molecule has 0 heterocycles. The predicted molar refractivity (Wildman–Crippen MR) is 21.2 cm³/mol. The molecule has 0 saturated heterocycles. The van der Waals surface area contributed by atoms with Gasteiger partial charge in [0.05, 0.1) is 0 Å². The van der Waals surface area contributed by atoms with E-state index >= 15 is 0 Å². The van der Waals surface area contributed by atoms with Crippen molar-refractivity contribution in [2.45, 2.75) is 0 Å². The number of hydrogen-bond donors (Lipinski definition) is 1. The first-order valence-electron chi connectivity index (χ1n) is 1.46. The van der Waals surface area contributed by atoms with E-state index in [4.69, 9.17) is 38.5 Å². The van der Waals surface area contributed by atoms with Crippen molar-refractivity contribution in [3.05, 3.63) is 0 Å². The third kappa shape index (κ3) is 1760. The molecule has 0 aliphatic rings. The molecule has 1 radical (unpaired) electrons. The van der Waals surface area contributed by atoms with E-state index in [1.54, 1.807) is 0 Å². The van der Waals surface area contributed by atoms with Crippen LogP contribution in [0.2, 0.25) is 0 Å². The molecule has 0 fully saturated rings. The topological polar surface area (TPSA) is 209 Å². The molecule has 0 bridgehead atoms. The minimum absolute atomic E-state index is 0. The molecule has 0 unspecified atom stereocenters. The molecule has 12 heteroatoms. The number of quaternary nitrogens is 1. The Balaban J connectivity index is -0.0000000457. The van der Waals surface area contributed by atoms with E-state index in [1.165, 1.54) is 0 Å². The maximum Gasteiger partial charge on any atom is 0 e. The van der Waals surface area contributed by atoms with Crippen LogP contribution in [-0.2, 0) is 27.7 Å². The van der Waals surface area contributed by atoms with Crippen molar-refractivity contribution in [1.29, 1.82) is 0 Å². The Bertz CT molecular complexity index is 129. The molecule has 0 saturated carbocycles. The Morgan fingerprint density at radius 2 is 0.667 bits per heavy atom. The van der Waals surface area contributed by atoms with E-state index in [9.17, 15) is 0 Å². The van der Waals surface area contributed by atoms with E-state index in [-0.39, 0.29) is 24.7 Å². The van der Waals surface area contributed by atoms with Gasteiger partial charge in [0.25, 0.3) is 0 Å². The Labute approximate surface area is 79.4 Å². The summed E-state index contributed by atoms with van der Waals surface area (Å²) in [7, 11) is -10.8. The third-order valence-electron chi connectivity index (χ3n) is 0. The fourth-order valence-electron chi connectivity index (χ4n) is 0. The standard InChI is InChI=1S/H3N.2H3O4P.V/c;2*1-5(2,3)4;/h1H3;2*(H3,1,2,3,4);/p-5. The molecule has 0 aliphatic heterocycles. The zero-order valence-corrected chi connectivity index (χ0v) is 8.79. The average Bonchev–Trinajstić information content (AvgIpc) is 1.12. The molecule has 0 aromatic rings. The van der Waals surface area contributed by atoms with Gasteiger partial charge in [-0.2, -0.15) is 15.6 Å². The summed E-state index contributed by atoms with van der Waals surface area (Å²) in [5.74, 6) is 0. The number of phosphoric acid groups is 2. The molecule has 0 atom stereocenters. The number of hydrogen-bond acceptors (Lipinski definition) is 8. The van der Waals surface area contributed by atoms with Crippen molar-refractivity contribution in [3.63, 3.8) is 0 Å². The average molecular weight is 259 g/mol. The van der Waals surface area contributed by atoms with Gasteiger partial charge in [-0.15, -0.1) is 0 Å². The number of rotatable bonds is 0. The Morgan fingerprint density at radius 3 is 0.667 bits per heavy atom. The van der Waals surface area contributed by atoms with Gasteiger partial charge in [0, 0.05) is 18.6 Å². The normalized spacial score (nSPS) is 9.83. The van der Waals surface area contributed by atoms with Crippen LogP contribution in [0.1, 0.15) is 0 Å². The van der Waals surface area contributed by atoms with Crippen molar-refractivity contribution in [2.24, 2.45) is 0 Å². The van der Waals surface area contributed by atoms with E-state index < -0.39 is 15.6 Å². The summed E-state index contributed by atoms with van der Waals surface area (Å²) in [5.41, 5.74) is 0. The second-order valence-electron chi connectivity index (χ2n) is 0.894. The molecular weight excluding hydrogens is 255 g/mol. The summed E-state index contributed by atoms with van der Waals surface area (Å²) in [4.78, 5) is 51.3. The summed E-state index contributed by atoms with van der Waals surface area (Å²) in [6.07, 6.45) is 0. The van der Waals surface area contributed by atoms with Crippen molar-refractivity contribution >= 4 is 15.6 Å². The fourth-order valence-corrected chi connectivity index (χ4v) is 0. The van der Waals surface area contributed by atoms with E-state index in [0.29, 0.717) is 0 Å². The molecule has 77 valence electrons. The van der Waals surface area contributed by atoms with Crippen LogP contribution in [0.5, 0.6) is 0 Å². The van der Waals surface area contributed by atoms with Crippen LogP contribution in [0, 0.1) is 0 Å². The summed E-state index contributed by atoms with van der Waals surface area (Å²) < 4.78 is 17.1. The zero-order chi connectivity index (χ0) is 9.00. The van der Waals surface area contributed by atoms with Gasteiger partial charge in [-0.3, -0.25) is 0 Å². The molecule has 9 nitrogen and oxygen atoms in total. The fraction of sp³-hybridized carbons (Fsp3) is 0. The Hall–Kier alpha value is 0.764. The van der Waals surface area contributed by atoms with Gasteiger partial charge in [0.15, 0.2) is 0 Å². The molecule has 12 heavy (non-hydrogen) atoms. The van der Waals surface area contributed by atoms with Crippen LogP contribution in [-0.4, -0.2) is 0 Å². The van der Waals surface area contributed by atoms with E-state index in [0.717, 1.165) is 0 Å². The minimum Gasteiger partial charge on any atom is -0.822 e. The monoisotopic (exact) mass is 259 g/mol. The molecular formula is H4NO8P2V-5. The second kappa shape index (κ2) is 8.37. The molecule has 0 aromatic carbocycles. The van der Waals surface area contributed by atoms with Gasteiger partial charge < -0.3 is 44.6 Å². The summed E-state index contributed by atoms with van der Waals surface area (Å²) in [6.45, 7) is 0. The van der Waals surface area contributed by atoms with Crippen molar-refractivity contribution in [1.82, 2.24) is 6.15 Å². The molecule has 4 N–H and O–H groups in total. The van der Waals surface area contributed by atoms with Crippen LogP contribution in [0.3, 0.4) is 0 Å². The second-order valence-corrected chi connectivity index (χ2v) is 2.68. The van der Waals surface area contributed by atoms with E-state index in [1.807, 2.05) is 0 Å². The Morgan fingerprint density at radius 1 is 0.667 bits per heavy atom. The van der Waals surface area contributed by atoms with Crippen LogP contribution in [0.4, 0.5) is 0 Å². The zero-order valence-electron chi connectivity index (χ0n) is 5.61. The van der Waals surface area contributed by atoms with Gasteiger partial charge in [-0.25, -0.2) is 0 Å². The largest absolute Gasteiger partial charge is 0.822 e. The molecule has 0 spiro atoms. The van der Waals surface area contributed by atoms with Crippen LogP contribution < -0.4 is 35.5 Å². The van der Waals surface area contributed by atoms with Gasteiger partial charge in [0.1, 0.15) is 0 Å².